The standard InChI is InChI=1S/C28H30N2O2S2/c1-28(2,34(4,31)32)23-18-22-9-6-15-30-27(22)26(19-23)21-8-5-7-20(17-21)14-16-29-24-10-12-25(33-3)13-11-24/h5-13,15,17-19,29H,14,16H2,1-4H3. The Morgan fingerprint density at radius 1 is 0.971 bits per heavy atom. The number of pyridine rings is 1. The molecule has 3 aromatic carbocycles. The van der Waals surface area contributed by atoms with Crippen molar-refractivity contribution in [3.05, 3.63) is 90.1 Å². The predicted octanol–water partition coefficient (Wildman–Crippen LogP) is 6.56. The summed E-state index contributed by atoms with van der Waals surface area (Å²) < 4.78 is 24.1. The van der Waals surface area contributed by atoms with Gasteiger partial charge >= 0.3 is 0 Å². The number of sulfone groups is 1. The molecule has 0 atom stereocenters. The third-order valence-electron chi connectivity index (χ3n) is 6.40. The Morgan fingerprint density at radius 2 is 1.74 bits per heavy atom. The number of hydrogen-bond donors (Lipinski definition) is 1. The quantitative estimate of drug-likeness (QED) is 0.284. The molecule has 0 radical (unpaired) electrons. The van der Waals surface area contributed by atoms with Crippen LogP contribution in [-0.4, -0.2) is 32.5 Å². The highest BCUT2D eigenvalue weighted by Gasteiger charge is 2.33. The van der Waals surface area contributed by atoms with E-state index in [-0.39, 0.29) is 0 Å². The van der Waals surface area contributed by atoms with Crippen molar-refractivity contribution in [3.8, 4) is 11.1 Å². The molecular weight excluding hydrogens is 460 g/mol. The molecule has 1 heterocycles. The lowest BCUT2D eigenvalue weighted by molar-refractivity contribution is 0.561. The largest absolute Gasteiger partial charge is 0.385 e. The highest BCUT2D eigenvalue weighted by Crippen LogP contribution is 2.36. The summed E-state index contributed by atoms with van der Waals surface area (Å²) in [7, 11) is -3.30. The maximum Gasteiger partial charge on any atom is 0.156 e. The zero-order valence-corrected chi connectivity index (χ0v) is 21.6. The molecule has 0 bridgehead atoms. The first-order chi connectivity index (χ1) is 16.2. The molecule has 0 aliphatic heterocycles. The van der Waals surface area contributed by atoms with Gasteiger partial charge in [-0.05, 0) is 85.7 Å². The van der Waals surface area contributed by atoms with E-state index in [2.05, 4.69) is 65.1 Å². The minimum Gasteiger partial charge on any atom is -0.385 e. The van der Waals surface area contributed by atoms with Gasteiger partial charge in [0.1, 0.15) is 0 Å². The molecule has 0 aliphatic rings. The number of nitrogens with one attached hydrogen (secondary N) is 1. The van der Waals surface area contributed by atoms with Crippen LogP contribution in [0.2, 0.25) is 0 Å². The lowest BCUT2D eigenvalue weighted by atomic mass is 9.92. The molecule has 4 nitrogen and oxygen atoms in total. The lowest BCUT2D eigenvalue weighted by Gasteiger charge is -2.24. The fourth-order valence-corrected chi connectivity index (χ4v) is 4.88. The maximum atomic E-state index is 12.5. The van der Waals surface area contributed by atoms with Crippen LogP contribution in [0.25, 0.3) is 22.0 Å². The number of benzene rings is 3. The lowest BCUT2D eigenvalue weighted by Crippen LogP contribution is -2.28. The number of hydrogen-bond acceptors (Lipinski definition) is 5. The van der Waals surface area contributed by atoms with Gasteiger partial charge in [0.2, 0.25) is 0 Å². The number of fused-ring (bicyclic) bond motifs is 1. The minimum absolute atomic E-state index is 0.770. The first kappa shape index (κ1) is 24.3. The second-order valence-corrected chi connectivity index (χ2v) is 12.4. The Labute approximate surface area is 206 Å². The van der Waals surface area contributed by atoms with E-state index >= 15 is 0 Å². The molecule has 0 amide bonds. The van der Waals surface area contributed by atoms with Crippen LogP contribution in [0.15, 0.2) is 83.9 Å². The Kier molecular flexibility index (Phi) is 7.01. The van der Waals surface area contributed by atoms with Crippen LogP contribution >= 0.6 is 11.8 Å². The van der Waals surface area contributed by atoms with E-state index < -0.39 is 14.6 Å². The van der Waals surface area contributed by atoms with Crippen LogP contribution in [0, 0.1) is 0 Å². The van der Waals surface area contributed by atoms with Gasteiger partial charge in [-0.15, -0.1) is 11.8 Å². The van der Waals surface area contributed by atoms with Crippen LogP contribution in [0.3, 0.4) is 0 Å². The molecule has 4 rings (SSSR count). The Hall–Kier alpha value is -2.83. The first-order valence-corrected chi connectivity index (χ1v) is 14.4. The van der Waals surface area contributed by atoms with Crippen molar-refractivity contribution in [2.24, 2.45) is 0 Å². The van der Waals surface area contributed by atoms with Gasteiger partial charge in [-0.25, -0.2) is 8.42 Å². The van der Waals surface area contributed by atoms with Gasteiger partial charge < -0.3 is 5.32 Å². The fraction of sp³-hybridized carbons (Fsp3) is 0.250. The Bertz CT molecular complexity index is 1410. The average Bonchev–Trinajstić information content (AvgIpc) is 2.83. The molecule has 0 unspecified atom stereocenters. The van der Waals surface area contributed by atoms with Crippen molar-refractivity contribution in [1.29, 1.82) is 0 Å². The summed E-state index contributed by atoms with van der Waals surface area (Å²) >= 11 is 1.74. The van der Waals surface area contributed by atoms with Crippen molar-refractivity contribution in [2.75, 3.05) is 24.4 Å². The van der Waals surface area contributed by atoms with Crippen molar-refractivity contribution in [2.45, 2.75) is 29.9 Å². The van der Waals surface area contributed by atoms with Crippen molar-refractivity contribution >= 4 is 38.2 Å². The van der Waals surface area contributed by atoms with E-state index in [1.807, 2.05) is 24.3 Å². The SMILES string of the molecule is CSc1ccc(NCCc2cccc(-c3cc(C(C)(C)S(C)(=O)=O)cc4cccnc34)c2)cc1. The third-order valence-corrected chi connectivity index (χ3v) is 9.23. The van der Waals surface area contributed by atoms with Crippen LogP contribution < -0.4 is 5.32 Å². The molecular formula is C28H30N2O2S2. The summed E-state index contributed by atoms with van der Waals surface area (Å²) in [5.74, 6) is 0. The predicted molar refractivity (Wildman–Crippen MR) is 145 cm³/mol. The third kappa shape index (κ3) is 5.13. The fourth-order valence-electron chi connectivity index (χ4n) is 3.93. The molecule has 176 valence electrons. The van der Waals surface area contributed by atoms with Crippen LogP contribution in [0.4, 0.5) is 5.69 Å². The molecule has 0 fully saturated rings. The summed E-state index contributed by atoms with van der Waals surface area (Å²) in [6.45, 7) is 4.34. The monoisotopic (exact) mass is 490 g/mol. The molecule has 1 aromatic heterocycles. The van der Waals surface area contributed by atoms with E-state index in [1.54, 1.807) is 31.8 Å². The number of aromatic nitrogens is 1. The highest BCUT2D eigenvalue weighted by atomic mass is 32.2. The summed E-state index contributed by atoms with van der Waals surface area (Å²) in [6.07, 6.45) is 6.02. The van der Waals surface area contributed by atoms with E-state index in [0.717, 1.165) is 46.2 Å². The van der Waals surface area contributed by atoms with Crippen LogP contribution in [0.5, 0.6) is 0 Å². The molecule has 0 spiro atoms. The molecule has 6 heteroatoms. The first-order valence-electron chi connectivity index (χ1n) is 11.2. The molecule has 34 heavy (non-hydrogen) atoms. The van der Waals surface area contributed by atoms with E-state index in [4.69, 9.17) is 0 Å². The molecule has 0 aliphatic carbocycles. The summed E-state index contributed by atoms with van der Waals surface area (Å²) in [5.41, 5.74) is 5.96. The van der Waals surface area contributed by atoms with Crippen LogP contribution in [-0.2, 0) is 21.0 Å². The smallest absolute Gasteiger partial charge is 0.156 e. The Morgan fingerprint density at radius 3 is 2.44 bits per heavy atom. The van der Waals surface area contributed by atoms with E-state index in [1.165, 1.54) is 16.7 Å². The summed E-state index contributed by atoms with van der Waals surface area (Å²) in [5, 5.41) is 4.43. The van der Waals surface area contributed by atoms with Gasteiger partial charge in [-0.2, -0.15) is 0 Å². The molecule has 4 aromatic rings. The molecule has 0 saturated carbocycles. The van der Waals surface area contributed by atoms with Gasteiger partial charge in [0.25, 0.3) is 0 Å². The average molecular weight is 491 g/mol. The van der Waals surface area contributed by atoms with Crippen LogP contribution in [0.1, 0.15) is 25.0 Å². The van der Waals surface area contributed by atoms with E-state index in [0.29, 0.717) is 0 Å². The highest BCUT2D eigenvalue weighted by molar-refractivity contribution is 7.98. The molecule has 0 saturated heterocycles. The van der Waals surface area contributed by atoms with Gasteiger partial charge in [-0.1, -0.05) is 30.3 Å². The Balaban J connectivity index is 1.64. The second kappa shape index (κ2) is 9.80. The number of rotatable bonds is 8. The topological polar surface area (TPSA) is 59.1 Å². The summed E-state index contributed by atoms with van der Waals surface area (Å²) in [4.78, 5) is 5.88. The summed E-state index contributed by atoms with van der Waals surface area (Å²) in [6, 6.07) is 24.7. The number of anilines is 1. The van der Waals surface area contributed by atoms with E-state index in [9.17, 15) is 8.42 Å². The second-order valence-electron chi connectivity index (χ2n) is 8.99. The zero-order valence-electron chi connectivity index (χ0n) is 20.0. The van der Waals surface area contributed by atoms with Crippen molar-refractivity contribution in [1.82, 2.24) is 4.98 Å². The van der Waals surface area contributed by atoms with Gasteiger partial charge in [0.15, 0.2) is 9.84 Å². The number of nitrogens with zero attached hydrogens (tertiary/aromatic N) is 1. The minimum atomic E-state index is -3.30. The molecule has 1 N–H and O–H groups in total. The zero-order chi connectivity index (χ0) is 24.3. The van der Waals surface area contributed by atoms with Gasteiger partial charge in [0, 0.05) is 40.5 Å². The van der Waals surface area contributed by atoms with Crippen molar-refractivity contribution < 1.29 is 8.42 Å². The van der Waals surface area contributed by atoms with Gasteiger partial charge in [0.05, 0.1) is 10.3 Å². The van der Waals surface area contributed by atoms with Crippen molar-refractivity contribution in [3.63, 3.8) is 0 Å². The van der Waals surface area contributed by atoms with Gasteiger partial charge in [-0.3, -0.25) is 4.98 Å². The normalized spacial score (nSPS) is 12.1. The number of thioether (sulfide) groups is 1. The maximum absolute atomic E-state index is 12.5.